The second-order valence-electron chi connectivity index (χ2n) is 6.24. The highest BCUT2D eigenvalue weighted by molar-refractivity contribution is 7.10. The highest BCUT2D eigenvalue weighted by Crippen LogP contribution is 2.23. The maximum absolute atomic E-state index is 8.89. The van der Waals surface area contributed by atoms with Crippen LogP contribution in [-0.2, 0) is 13.1 Å². The number of aryl methyl sites for hydroxylation is 2. The Labute approximate surface area is 136 Å². The molecule has 5 heteroatoms. The molecule has 1 saturated heterocycles. The van der Waals surface area contributed by atoms with Crippen molar-refractivity contribution in [2.24, 2.45) is 5.92 Å². The molecule has 1 aliphatic rings. The predicted molar refractivity (Wildman–Crippen MR) is 88.7 cm³/mol. The molecule has 1 aliphatic heterocycles. The van der Waals surface area contributed by atoms with Gasteiger partial charge in [-0.15, -0.1) is 11.3 Å². The van der Waals surface area contributed by atoms with Crippen LogP contribution in [0, 0.1) is 31.1 Å². The minimum atomic E-state index is 0.729. The third-order valence-electron chi connectivity index (χ3n) is 4.40. The molecule has 0 amide bonds. The fraction of sp³-hybridized carbons (Fsp3) is 0.529. The zero-order valence-electron chi connectivity index (χ0n) is 13.2. The van der Waals surface area contributed by atoms with Crippen molar-refractivity contribution in [3.63, 3.8) is 0 Å². The van der Waals surface area contributed by atoms with Crippen LogP contribution in [0.4, 0.5) is 0 Å². The van der Waals surface area contributed by atoms with Gasteiger partial charge in [0.15, 0.2) is 0 Å². The molecule has 0 bridgehead atoms. The lowest BCUT2D eigenvalue weighted by molar-refractivity contribution is 0.165. The molecular formula is C17H22N4S. The summed E-state index contributed by atoms with van der Waals surface area (Å²) in [5, 5.41) is 15.4. The third-order valence-corrected chi connectivity index (χ3v) is 5.33. The third kappa shape index (κ3) is 3.57. The number of thiophene rings is 1. The summed E-state index contributed by atoms with van der Waals surface area (Å²) in [4.78, 5) is 3.80. The molecule has 3 heterocycles. The SMILES string of the molecule is Cc1cc(C)n(CC2CCN(Cc3cc(C#N)cs3)CC2)n1. The van der Waals surface area contributed by atoms with E-state index in [0.717, 1.165) is 43.4 Å². The standard InChI is InChI=1S/C17H22N4S/c1-13-7-14(2)21(19-13)10-15-3-5-20(6-4-15)11-17-8-16(9-18)12-22-17/h7-8,12,15H,3-6,10-11H2,1-2H3. The van der Waals surface area contributed by atoms with Crippen LogP contribution in [0.1, 0.15) is 34.7 Å². The van der Waals surface area contributed by atoms with Crippen molar-refractivity contribution in [2.45, 2.75) is 39.8 Å². The maximum atomic E-state index is 8.89. The highest BCUT2D eigenvalue weighted by atomic mass is 32.1. The summed E-state index contributed by atoms with van der Waals surface area (Å²) in [5.74, 6) is 0.729. The Morgan fingerprint density at radius 3 is 2.68 bits per heavy atom. The highest BCUT2D eigenvalue weighted by Gasteiger charge is 2.20. The van der Waals surface area contributed by atoms with E-state index in [9.17, 15) is 0 Å². The van der Waals surface area contributed by atoms with Gasteiger partial charge in [0.25, 0.3) is 0 Å². The van der Waals surface area contributed by atoms with E-state index in [4.69, 9.17) is 5.26 Å². The number of likely N-dealkylation sites (tertiary alicyclic amines) is 1. The Morgan fingerprint density at radius 1 is 1.32 bits per heavy atom. The zero-order chi connectivity index (χ0) is 15.5. The van der Waals surface area contributed by atoms with Crippen LogP contribution in [0.25, 0.3) is 0 Å². The van der Waals surface area contributed by atoms with E-state index in [0.29, 0.717) is 0 Å². The first-order valence-electron chi connectivity index (χ1n) is 7.85. The van der Waals surface area contributed by atoms with E-state index in [1.165, 1.54) is 23.4 Å². The molecule has 2 aromatic heterocycles. The van der Waals surface area contributed by atoms with Gasteiger partial charge in [-0.05, 0) is 57.8 Å². The van der Waals surface area contributed by atoms with Crippen LogP contribution >= 0.6 is 11.3 Å². The van der Waals surface area contributed by atoms with Gasteiger partial charge in [-0.25, -0.2) is 0 Å². The Balaban J connectivity index is 1.50. The average Bonchev–Trinajstić information content (AvgIpc) is 3.08. The Morgan fingerprint density at radius 2 is 2.09 bits per heavy atom. The molecule has 0 atom stereocenters. The van der Waals surface area contributed by atoms with Crippen LogP contribution in [0.5, 0.6) is 0 Å². The Bertz CT molecular complexity index is 671. The predicted octanol–water partition coefficient (Wildman–Crippen LogP) is 3.35. The molecule has 0 saturated carbocycles. The average molecular weight is 314 g/mol. The number of hydrogen-bond donors (Lipinski definition) is 0. The fourth-order valence-corrected chi connectivity index (χ4v) is 4.03. The summed E-state index contributed by atoms with van der Waals surface area (Å²) in [6.45, 7) is 8.51. The number of nitrogens with zero attached hydrogens (tertiary/aromatic N) is 4. The van der Waals surface area contributed by atoms with Crippen molar-refractivity contribution in [1.82, 2.24) is 14.7 Å². The van der Waals surface area contributed by atoms with Gasteiger partial charge < -0.3 is 0 Å². The molecule has 0 spiro atoms. The fourth-order valence-electron chi connectivity index (χ4n) is 3.17. The first-order valence-corrected chi connectivity index (χ1v) is 8.73. The number of hydrogen-bond acceptors (Lipinski definition) is 4. The van der Waals surface area contributed by atoms with Crippen LogP contribution in [0.15, 0.2) is 17.5 Å². The number of rotatable bonds is 4. The quantitative estimate of drug-likeness (QED) is 0.869. The maximum Gasteiger partial charge on any atom is 0.100 e. The van der Waals surface area contributed by atoms with Crippen molar-refractivity contribution >= 4 is 11.3 Å². The first kappa shape index (κ1) is 15.3. The van der Waals surface area contributed by atoms with Crippen molar-refractivity contribution < 1.29 is 0 Å². The van der Waals surface area contributed by atoms with E-state index in [1.807, 2.05) is 11.4 Å². The minimum Gasteiger partial charge on any atom is -0.298 e. The minimum absolute atomic E-state index is 0.729. The van der Waals surface area contributed by atoms with Gasteiger partial charge in [-0.1, -0.05) is 0 Å². The van der Waals surface area contributed by atoms with Crippen molar-refractivity contribution in [2.75, 3.05) is 13.1 Å². The van der Waals surface area contributed by atoms with Crippen molar-refractivity contribution in [3.8, 4) is 6.07 Å². The van der Waals surface area contributed by atoms with E-state index < -0.39 is 0 Å². The lowest BCUT2D eigenvalue weighted by Gasteiger charge is -2.31. The van der Waals surface area contributed by atoms with Crippen LogP contribution in [-0.4, -0.2) is 27.8 Å². The van der Waals surface area contributed by atoms with Crippen molar-refractivity contribution in [1.29, 1.82) is 5.26 Å². The molecule has 0 radical (unpaired) electrons. The van der Waals surface area contributed by atoms with E-state index >= 15 is 0 Å². The number of nitriles is 1. The second-order valence-corrected chi connectivity index (χ2v) is 7.24. The van der Waals surface area contributed by atoms with Crippen LogP contribution < -0.4 is 0 Å². The summed E-state index contributed by atoms with van der Waals surface area (Å²) in [6, 6.07) is 6.38. The Kier molecular flexibility index (Phi) is 4.60. The first-order chi connectivity index (χ1) is 10.6. The molecule has 0 aliphatic carbocycles. The molecular weight excluding hydrogens is 292 g/mol. The number of piperidine rings is 1. The summed E-state index contributed by atoms with van der Waals surface area (Å²) < 4.78 is 2.16. The number of aromatic nitrogens is 2. The van der Waals surface area contributed by atoms with Gasteiger partial charge in [0.2, 0.25) is 0 Å². The largest absolute Gasteiger partial charge is 0.298 e. The topological polar surface area (TPSA) is 44.9 Å². The van der Waals surface area contributed by atoms with Gasteiger partial charge in [-0.2, -0.15) is 10.4 Å². The molecule has 1 fully saturated rings. The molecule has 22 heavy (non-hydrogen) atoms. The molecule has 0 unspecified atom stereocenters. The summed E-state index contributed by atoms with van der Waals surface area (Å²) in [5.41, 5.74) is 3.17. The van der Waals surface area contributed by atoms with Gasteiger partial charge in [0.1, 0.15) is 6.07 Å². The molecule has 2 aromatic rings. The summed E-state index contributed by atoms with van der Waals surface area (Å²) in [6.07, 6.45) is 2.46. The molecule has 0 N–H and O–H groups in total. The van der Waals surface area contributed by atoms with Gasteiger partial charge in [0, 0.05) is 29.0 Å². The summed E-state index contributed by atoms with van der Waals surface area (Å²) in [7, 11) is 0. The van der Waals surface area contributed by atoms with Crippen molar-refractivity contribution in [3.05, 3.63) is 39.3 Å². The molecule has 116 valence electrons. The zero-order valence-corrected chi connectivity index (χ0v) is 14.1. The van der Waals surface area contributed by atoms with E-state index in [2.05, 4.69) is 40.7 Å². The van der Waals surface area contributed by atoms with E-state index in [1.54, 1.807) is 11.3 Å². The lowest BCUT2D eigenvalue weighted by Crippen LogP contribution is -2.34. The smallest absolute Gasteiger partial charge is 0.100 e. The monoisotopic (exact) mass is 314 g/mol. The van der Waals surface area contributed by atoms with Crippen LogP contribution in [0.2, 0.25) is 0 Å². The lowest BCUT2D eigenvalue weighted by atomic mass is 9.97. The van der Waals surface area contributed by atoms with Gasteiger partial charge in [-0.3, -0.25) is 9.58 Å². The second kappa shape index (κ2) is 6.64. The summed E-state index contributed by atoms with van der Waals surface area (Å²) >= 11 is 1.70. The van der Waals surface area contributed by atoms with Crippen LogP contribution in [0.3, 0.4) is 0 Å². The Hall–Kier alpha value is -1.64. The molecule has 4 nitrogen and oxygen atoms in total. The van der Waals surface area contributed by atoms with E-state index in [-0.39, 0.29) is 0 Å². The van der Waals surface area contributed by atoms with Gasteiger partial charge >= 0.3 is 0 Å². The van der Waals surface area contributed by atoms with Gasteiger partial charge in [0.05, 0.1) is 11.3 Å². The molecule has 3 rings (SSSR count). The molecule has 0 aromatic carbocycles. The normalized spacial score (nSPS) is 16.8.